The van der Waals surface area contributed by atoms with Crippen LogP contribution in [0.25, 0.3) is 0 Å². The second-order valence-electron chi connectivity index (χ2n) is 5.97. The Morgan fingerprint density at radius 1 is 1.32 bits per heavy atom. The lowest BCUT2D eigenvalue weighted by molar-refractivity contribution is 0.0689. The molecule has 1 unspecified atom stereocenters. The van der Waals surface area contributed by atoms with Gasteiger partial charge in [0.1, 0.15) is 11.4 Å². The van der Waals surface area contributed by atoms with Crippen molar-refractivity contribution in [2.24, 2.45) is 0 Å². The number of anilines is 1. The monoisotopic (exact) mass is 344 g/mol. The second kappa shape index (κ2) is 6.84. The van der Waals surface area contributed by atoms with Gasteiger partial charge >= 0.3 is 5.97 Å². The molecule has 1 aromatic heterocycles. The van der Waals surface area contributed by atoms with Crippen LogP contribution in [0, 0.1) is 0 Å². The maximum Gasteiger partial charge on any atom is 0.353 e. The van der Waals surface area contributed by atoms with Gasteiger partial charge in [-0.1, -0.05) is 6.07 Å². The molecule has 0 radical (unpaired) electrons. The SMILES string of the molecule is COc1cccc(N2CCN(C(=O)c3cc(C(=O)O)[nH]n3)CC2C)c1. The Labute approximate surface area is 145 Å². The number of aromatic amines is 1. The van der Waals surface area contributed by atoms with Gasteiger partial charge in [-0.25, -0.2) is 4.79 Å². The number of hydrogen-bond acceptors (Lipinski definition) is 5. The first-order valence-electron chi connectivity index (χ1n) is 7.98. The van der Waals surface area contributed by atoms with Gasteiger partial charge in [0.15, 0.2) is 5.69 Å². The molecule has 25 heavy (non-hydrogen) atoms. The zero-order valence-electron chi connectivity index (χ0n) is 14.1. The molecule has 0 bridgehead atoms. The maximum atomic E-state index is 12.5. The summed E-state index contributed by atoms with van der Waals surface area (Å²) in [6.07, 6.45) is 0. The highest BCUT2D eigenvalue weighted by Gasteiger charge is 2.29. The van der Waals surface area contributed by atoms with E-state index in [4.69, 9.17) is 9.84 Å². The number of hydrogen-bond donors (Lipinski definition) is 2. The van der Waals surface area contributed by atoms with Crippen LogP contribution in [-0.4, -0.2) is 64.9 Å². The molecule has 0 aliphatic carbocycles. The molecule has 1 amide bonds. The Bertz CT molecular complexity index is 788. The third-order valence-corrected chi connectivity index (χ3v) is 4.33. The third kappa shape index (κ3) is 3.42. The van der Waals surface area contributed by atoms with E-state index in [-0.39, 0.29) is 23.3 Å². The fourth-order valence-electron chi connectivity index (χ4n) is 3.02. The first kappa shape index (κ1) is 16.8. The van der Waals surface area contributed by atoms with E-state index < -0.39 is 5.97 Å². The number of nitrogens with one attached hydrogen (secondary N) is 1. The lowest BCUT2D eigenvalue weighted by Gasteiger charge is -2.41. The van der Waals surface area contributed by atoms with E-state index in [0.29, 0.717) is 19.6 Å². The molecule has 3 rings (SSSR count). The fraction of sp³-hybridized carbons (Fsp3) is 0.353. The minimum Gasteiger partial charge on any atom is -0.497 e. The van der Waals surface area contributed by atoms with Crippen molar-refractivity contribution in [2.45, 2.75) is 13.0 Å². The van der Waals surface area contributed by atoms with Gasteiger partial charge in [0.2, 0.25) is 0 Å². The van der Waals surface area contributed by atoms with Gasteiger partial charge in [0, 0.05) is 43.5 Å². The standard InChI is InChI=1S/C17H20N4O4/c1-11-10-20(16(22)14-9-15(17(23)24)19-18-14)6-7-21(11)12-4-3-5-13(8-12)25-2/h3-5,8-9,11H,6-7,10H2,1-2H3,(H,18,19)(H,23,24). The fourth-order valence-corrected chi connectivity index (χ4v) is 3.02. The summed E-state index contributed by atoms with van der Waals surface area (Å²) < 4.78 is 5.27. The van der Waals surface area contributed by atoms with Crippen molar-refractivity contribution in [3.63, 3.8) is 0 Å². The van der Waals surface area contributed by atoms with Gasteiger partial charge in [-0.2, -0.15) is 5.10 Å². The predicted molar refractivity (Wildman–Crippen MR) is 91.3 cm³/mol. The molecule has 1 aromatic carbocycles. The summed E-state index contributed by atoms with van der Waals surface area (Å²) in [5.74, 6) is -0.607. The zero-order valence-corrected chi connectivity index (χ0v) is 14.1. The number of methoxy groups -OCH3 is 1. The van der Waals surface area contributed by atoms with Gasteiger partial charge in [0.05, 0.1) is 7.11 Å². The summed E-state index contributed by atoms with van der Waals surface area (Å²) >= 11 is 0. The summed E-state index contributed by atoms with van der Waals surface area (Å²) in [6.45, 7) is 3.80. The molecule has 1 aliphatic rings. The maximum absolute atomic E-state index is 12.5. The highest BCUT2D eigenvalue weighted by molar-refractivity contribution is 5.95. The van der Waals surface area contributed by atoms with Crippen LogP contribution in [0.15, 0.2) is 30.3 Å². The highest BCUT2D eigenvalue weighted by atomic mass is 16.5. The molecule has 1 saturated heterocycles. The molecule has 132 valence electrons. The quantitative estimate of drug-likeness (QED) is 0.871. The van der Waals surface area contributed by atoms with E-state index in [1.54, 1.807) is 12.0 Å². The molecular weight excluding hydrogens is 324 g/mol. The third-order valence-electron chi connectivity index (χ3n) is 4.33. The Morgan fingerprint density at radius 2 is 2.12 bits per heavy atom. The highest BCUT2D eigenvalue weighted by Crippen LogP contribution is 2.25. The number of carboxylic acid groups (broad SMARTS) is 1. The van der Waals surface area contributed by atoms with E-state index in [1.165, 1.54) is 6.07 Å². The Kier molecular flexibility index (Phi) is 4.60. The Hall–Kier alpha value is -3.03. The summed E-state index contributed by atoms with van der Waals surface area (Å²) in [7, 11) is 1.63. The number of carboxylic acids is 1. The average Bonchev–Trinajstić information content (AvgIpc) is 3.11. The van der Waals surface area contributed by atoms with Gasteiger partial charge < -0.3 is 19.6 Å². The number of amides is 1. The van der Waals surface area contributed by atoms with E-state index in [9.17, 15) is 9.59 Å². The number of carbonyl (C=O) groups is 2. The summed E-state index contributed by atoms with van der Waals surface area (Å²) in [6, 6.07) is 9.21. The van der Waals surface area contributed by atoms with Crippen LogP contribution in [0.1, 0.15) is 27.9 Å². The minimum atomic E-state index is -1.14. The van der Waals surface area contributed by atoms with Crippen LogP contribution in [0.3, 0.4) is 0 Å². The van der Waals surface area contributed by atoms with Crippen molar-refractivity contribution < 1.29 is 19.4 Å². The first-order valence-corrected chi connectivity index (χ1v) is 7.98. The van der Waals surface area contributed by atoms with E-state index in [0.717, 1.165) is 11.4 Å². The van der Waals surface area contributed by atoms with Crippen LogP contribution >= 0.6 is 0 Å². The van der Waals surface area contributed by atoms with Gasteiger partial charge in [-0.3, -0.25) is 9.89 Å². The number of ether oxygens (including phenoxy) is 1. The lowest BCUT2D eigenvalue weighted by Crippen LogP contribution is -2.53. The number of carbonyl (C=O) groups excluding carboxylic acids is 1. The molecule has 8 heteroatoms. The largest absolute Gasteiger partial charge is 0.497 e. The van der Waals surface area contributed by atoms with Crippen molar-refractivity contribution in [2.75, 3.05) is 31.6 Å². The van der Waals surface area contributed by atoms with E-state index in [2.05, 4.69) is 15.1 Å². The number of piperazine rings is 1. The van der Waals surface area contributed by atoms with Crippen LogP contribution in [0.4, 0.5) is 5.69 Å². The zero-order chi connectivity index (χ0) is 18.0. The molecule has 1 atom stereocenters. The molecule has 1 aliphatic heterocycles. The van der Waals surface area contributed by atoms with Crippen molar-refractivity contribution >= 4 is 17.6 Å². The molecule has 0 saturated carbocycles. The molecule has 0 spiro atoms. The summed E-state index contributed by atoms with van der Waals surface area (Å²) in [5.41, 5.74) is 1.08. The Morgan fingerprint density at radius 3 is 2.76 bits per heavy atom. The van der Waals surface area contributed by atoms with Gasteiger partial charge in [0.25, 0.3) is 5.91 Å². The van der Waals surface area contributed by atoms with E-state index >= 15 is 0 Å². The lowest BCUT2D eigenvalue weighted by atomic mass is 10.1. The number of nitrogens with zero attached hydrogens (tertiary/aromatic N) is 3. The molecule has 2 heterocycles. The van der Waals surface area contributed by atoms with Crippen LogP contribution < -0.4 is 9.64 Å². The molecule has 2 N–H and O–H groups in total. The summed E-state index contributed by atoms with van der Waals surface area (Å²) in [5, 5.41) is 15.1. The number of benzene rings is 1. The van der Waals surface area contributed by atoms with Crippen LogP contribution in [0.5, 0.6) is 5.75 Å². The number of H-pyrrole nitrogens is 1. The van der Waals surface area contributed by atoms with Crippen LogP contribution in [-0.2, 0) is 0 Å². The topological polar surface area (TPSA) is 98.8 Å². The number of rotatable bonds is 4. The van der Waals surface area contributed by atoms with Crippen LogP contribution in [0.2, 0.25) is 0 Å². The number of aromatic nitrogens is 2. The van der Waals surface area contributed by atoms with E-state index in [1.807, 2.05) is 31.2 Å². The molecule has 2 aromatic rings. The van der Waals surface area contributed by atoms with Gasteiger partial charge in [-0.15, -0.1) is 0 Å². The number of aromatic carboxylic acids is 1. The second-order valence-corrected chi connectivity index (χ2v) is 5.97. The van der Waals surface area contributed by atoms with Crippen molar-refractivity contribution in [3.8, 4) is 5.75 Å². The van der Waals surface area contributed by atoms with Gasteiger partial charge in [-0.05, 0) is 19.1 Å². The molecule has 1 fully saturated rings. The van der Waals surface area contributed by atoms with Crippen molar-refractivity contribution in [3.05, 3.63) is 41.7 Å². The average molecular weight is 344 g/mol. The van der Waals surface area contributed by atoms with Crippen molar-refractivity contribution in [1.82, 2.24) is 15.1 Å². The predicted octanol–water partition coefficient (Wildman–Crippen LogP) is 1.47. The minimum absolute atomic E-state index is 0.0913. The summed E-state index contributed by atoms with van der Waals surface area (Å²) in [4.78, 5) is 27.4. The first-order chi connectivity index (χ1) is 12.0. The normalized spacial score (nSPS) is 17.4. The Balaban J connectivity index is 1.70. The van der Waals surface area contributed by atoms with Crippen molar-refractivity contribution in [1.29, 1.82) is 0 Å². The molecule has 8 nitrogen and oxygen atoms in total. The smallest absolute Gasteiger partial charge is 0.353 e. The molecular formula is C17H20N4O4.